The van der Waals surface area contributed by atoms with Gasteiger partial charge in [-0.15, -0.1) is 0 Å². The largest absolute Gasteiger partial charge is 2.00 e. The van der Waals surface area contributed by atoms with Crippen LogP contribution >= 0.6 is 0 Å². The minimum atomic E-state index is 0. The molecule has 0 spiro atoms. The number of aliphatic imine (C=N–C) groups is 2. The molecule has 0 bridgehead atoms. The van der Waals surface area contributed by atoms with Crippen molar-refractivity contribution in [2.45, 2.75) is 78.3 Å². The van der Waals surface area contributed by atoms with Crippen molar-refractivity contribution >= 4 is 11.4 Å². The molecule has 0 atom stereocenters. The van der Waals surface area contributed by atoms with Crippen molar-refractivity contribution < 1.29 is 16.5 Å². The topological polar surface area (TPSA) is 48.8 Å². The van der Waals surface area contributed by atoms with E-state index in [4.69, 9.17) is 9.98 Å². The van der Waals surface area contributed by atoms with Crippen LogP contribution in [-0.2, 0) is 16.5 Å². The van der Waals surface area contributed by atoms with Gasteiger partial charge < -0.3 is 10.6 Å². The molecule has 0 aromatic carbocycles. The molecule has 136 valence electrons. The molecule has 0 aromatic heterocycles. The Morgan fingerprint density at radius 2 is 1.09 bits per heavy atom. The predicted octanol–water partition coefficient (Wildman–Crippen LogP) is 3.22. The van der Waals surface area contributed by atoms with E-state index in [9.17, 15) is 0 Å². The molecular formula is C18H36N4Ni+2. The molecule has 1 aliphatic rings. The van der Waals surface area contributed by atoms with Crippen LogP contribution < -0.4 is 10.6 Å². The van der Waals surface area contributed by atoms with Crippen LogP contribution in [0.1, 0.15) is 67.2 Å². The van der Waals surface area contributed by atoms with Gasteiger partial charge in [-0.05, 0) is 67.5 Å². The van der Waals surface area contributed by atoms with Crippen molar-refractivity contribution in [2.24, 2.45) is 9.98 Å². The molecular weight excluding hydrogens is 331 g/mol. The number of hydrogen-bond donors (Lipinski definition) is 2. The van der Waals surface area contributed by atoms with Gasteiger partial charge >= 0.3 is 16.5 Å². The minimum absolute atomic E-state index is 0. The summed E-state index contributed by atoms with van der Waals surface area (Å²) in [6, 6.07) is 0. The van der Waals surface area contributed by atoms with E-state index in [1.165, 1.54) is 11.4 Å². The molecule has 0 unspecified atom stereocenters. The quantitative estimate of drug-likeness (QED) is 0.646. The van der Waals surface area contributed by atoms with Crippen molar-refractivity contribution in [3.8, 4) is 0 Å². The van der Waals surface area contributed by atoms with E-state index in [1.54, 1.807) is 0 Å². The van der Waals surface area contributed by atoms with Gasteiger partial charge in [-0.25, -0.2) is 0 Å². The monoisotopic (exact) mass is 366 g/mol. The van der Waals surface area contributed by atoms with Gasteiger partial charge in [0, 0.05) is 48.4 Å². The summed E-state index contributed by atoms with van der Waals surface area (Å²) < 4.78 is 0. The van der Waals surface area contributed by atoms with E-state index in [-0.39, 0.29) is 27.6 Å². The van der Waals surface area contributed by atoms with Gasteiger partial charge in [-0.1, -0.05) is 0 Å². The average Bonchev–Trinajstić information content (AvgIpc) is 2.35. The fraction of sp³-hybridized carbons (Fsp3) is 0.889. The minimum Gasteiger partial charge on any atom is -0.311 e. The average molecular weight is 367 g/mol. The Bertz CT molecular complexity index is 362. The molecule has 0 aromatic rings. The summed E-state index contributed by atoms with van der Waals surface area (Å²) in [5.41, 5.74) is 2.73. The van der Waals surface area contributed by atoms with E-state index >= 15 is 0 Å². The molecule has 23 heavy (non-hydrogen) atoms. The van der Waals surface area contributed by atoms with Crippen molar-refractivity contribution in [2.75, 3.05) is 26.2 Å². The maximum absolute atomic E-state index is 4.72. The fourth-order valence-corrected chi connectivity index (χ4v) is 3.07. The Morgan fingerprint density at radius 3 is 1.43 bits per heavy atom. The van der Waals surface area contributed by atoms with Crippen molar-refractivity contribution in [3.63, 3.8) is 0 Å². The smallest absolute Gasteiger partial charge is 0.311 e. The number of nitrogens with one attached hydrogen (secondary N) is 2. The predicted molar refractivity (Wildman–Crippen MR) is 98.6 cm³/mol. The van der Waals surface area contributed by atoms with Gasteiger partial charge in [0.05, 0.1) is 0 Å². The first-order chi connectivity index (χ1) is 10.2. The van der Waals surface area contributed by atoms with E-state index in [2.05, 4.69) is 52.2 Å². The van der Waals surface area contributed by atoms with Crippen LogP contribution in [0.5, 0.6) is 0 Å². The zero-order chi connectivity index (χ0) is 16.6. The summed E-state index contributed by atoms with van der Waals surface area (Å²) in [5, 5.41) is 7.28. The normalized spacial score (nSPS) is 24.1. The third-order valence-electron chi connectivity index (χ3n) is 4.04. The summed E-state index contributed by atoms with van der Waals surface area (Å²) >= 11 is 0. The van der Waals surface area contributed by atoms with Crippen molar-refractivity contribution in [1.29, 1.82) is 0 Å². The van der Waals surface area contributed by atoms with Crippen molar-refractivity contribution in [1.82, 2.24) is 10.6 Å². The molecule has 0 saturated heterocycles. The first-order valence-corrected chi connectivity index (χ1v) is 8.70. The first kappa shape index (κ1) is 22.8. The molecule has 5 heteroatoms. The van der Waals surface area contributed by atoms with Crippen LogP contribution in [0.4, 0.5) is 0 Å². The second-order valence-corrected chi connectivity index (χ2v) is 7.92. The number of rotatable bonds is 0. The van der Waals surface area contributed by atoms with E-state index in [0.29, 0.717) is 0 Å². The molecule has 2 N–H and O–H groups in total. The van der Waals surface area contributed by atoms with Gasteiger partial charge in [-0.2, -0.15) is 0 Å². The number of hydrogen-bond acceptors (Lipinski definition) is 4. The van der Waals surface area contributed by atoms with Crippen LogP contribution in [0.3, 0.4) is 0 Å². The van der Waals surface area contributed by atoms with Crippen LogP contribution in [0, 0.1) is 0 Å². The van der Waals surface area contributed by atoms with Gasteiger partial charge in [0.15, 0.2) is 0 Å². The van der Waals surface area contributed by atoms with Gasteiger partial charge in [-0.3, -0.25) is 9.98 Å². The maximum Gasteiger partial charge on any atom is 2.00 e. The van der Waals surface area contributed by atoms with Crippen molar-refractivity contribution in [3.05, 3.63) is 0 Å². The SMILES string of the molecule is CC1=NCCCNC(C)(C)CC(C)=NCCCNC(C)(C)C1.[Ni+2]. The summed E-state index contributed by atoms with van der Waals surface area (Å²) in [5.74, 6) is 0. The zero-order valence-corrected chi connectivity index (χ0v) is 16.9. The maximum atomic E-state index is 4.72. The molecule has 4 nitrogen and oxygen atoms in total. The fourth-order valence-electron chi connectivity index (χ4n) is 3.07. The summed E-state index contributed by atoms with van der Waals surface area (Å²) in [4.78, 5) is 9.45. The van der Waals surface area contributed by atoms with Crippen LogP contribution in [0.2, 0.25) is 0 Å². The summed E-state index contributed by atoms with van der Waals surface area (Å²) in [7, 11) is 0. The standard InChI is InChI=1S/C18H36N4.Ni/c1-15-13-17(3,4)21-12-8-10-20-16(2)14-18(5,6)22-11-7-9-19-15;/h21-22H,7-14H2,1-6H3;/q;+2. The third kappa shape index (κ3) is 11.0. The zero-order valence-electron chi connectivity index (χ0n) is 15.9. The Labute approximate surface area is 153 Å². The molecule has 0 radical (unpaired) electrons. The Hall–Kier alpha value is -0.246. The van der Waals surface area contributed by atoms with E-state index < -0.39 is 0 Å². The molecule has 0 fully saturated rings. The Balaban J connectivity index is 0.00000484. The Kier molecular flexibility index (Phi) is 10.5. The summed E-state index contributed by atoms with van der Waals surface area (Å²) in [6.45, 7) is 17.2. The van der Waals surface area contributed by atoms with Crippen LogP contribution in [0.25, 0.3) is 0 Å². The third-order valence-corrected chi connectivity index (χ3v) is 4.04. The van der Waals surface area contributed by atoms with Crippen LogP contribution in [0.15, 0.2) is 9.98 Å². The second kappa shape index (κ2) is 10.6. The second-order valence-electron chi connectivity index (χ2n) is 7.92. The van der Waals surface area contributed by atoms with Gasteiger partial charge in [0.2, 0.25) is 0 Å². The number of nitrogens with zero attached hydrogens (tertiary/aromatic N) is 2. The molecule has 0 amide bonds. The molecule has 0 saturated carbocycles. The molecule has 1 heterocycles. The van der Waals surface area contributed by atoms with Crippen LogP contribution in [-0.4, -0.2) is 48.7 Å². The first-order valence-electron chi connectivity index (χ1n) is 8.70. The van der Waals surface area contributed by atoms with Gasteiger partial charge in [0.1, 0.15) is 0 Å². The molecule has 1 aliphatic heterocycles. The van der Waals surface area contributed by atoms with Gasteiger partial charge in [0.25, 0.3) is 0 Å². The summed E-state index contributed by atoms with van der Waals surface area (Å²) in [6.07, 6.45) is 4.19. The van der Waals surface area contributed by atoms with E-state index in [0.717, 1.165) is 51.9 Å². The molecule has 0 aliphatic carbocycles. The molecule has 1 rings (SSSR count). The Morgan fingerprint density at radius 1 is 0.739 bits per heavy atom. The van der Waals surface area contributed by atoms with E-state index in [1.807, 2.05) is 0 Å².